The summed E-state index contributed by atoms with van der Waals surface area (Å²) in [6.07, 6.45) is -7.42. The van der Waals surface area contributed by atoms with Gasteiger partial charge in [0.1, 0.15) is 41.6 Å². The number of ether oxygens (including phenoxy) is 5. The number of aromatic hydroxyl groups is 2. The Labute approximate surface area is 349 Å². The molecule has 0 spiro atoms. The molecule has 7 atom stereocenters. The molecule has 9 N–H and O–H groups in total. The number of phenols is 2. The first-order valence-electron chi connectivity index (χ1n) is 19.5. The molecule has 1 aliphatic heterocycles. The summed E-state index contributed by atoms with van der Waals surface area (Å²) in [6.45, 7) is 1.84. The molecule has 1 fully saturated rings. The van der Waals surface area contributed by atoms with Crippen LogP contribution in [-0.2, 0) is 39.8 Å². The summed E-state index contributed by atoms with van der Waals surface area (Å²) in [7, 11) is 2.39. The Hall–Kier alpha value is -5.87. The Morgan fingerprint density at radius 1 is 0.984 bits per heavy atom. The van der Waals surface area contributed by atoms with Gasteiger partial charge in [-0.05, 0) is 39.2 Å². The zero-order valence-corrected chi connectivity index (χ0v) is 33.9. The number of benzene rings is 2. The predicted molar refractivity (Wildman–Crippen MR) is 207 cm³/mol. The summed E-state index contributed by atoms with van der Waals surface area (Å²) < 4.78 is 26.8. The van der Waals surface area contributed by atoms with E-state index in [4.69, 9.17) is 18.9 Å². The van der Waals surface area contributed by atoms with Crippen molar-refractivity contribution in [1.29, 1.82) is 0 Å². The summed E-state index contributed by atoms with van der Waals surface area (Å²) in [5.74, 6) is -5.82. The quantitative estimate of drug-likeness (QED) is 0.0672. The van der Waals surface area contributed by atoms with Crippen LogP contribution in [0.2, 0.25) is 0 Å². The van der Waals surface area contributed by atoms with Crippen molar-refractivity contribution in [2.24, 2.45) is 0 Å². The normalized spacial score (nSPS) is 23.3. The highest BCUT2D eigenvalue weighted by Crippen LogP contribution is 2.52. The van der Waals surface area contributed by atoms with Crippen molar-refractivity contribution < 1.29 is 82.8 Å². The number of unbranched alkanes of at least 4 members (excludes halogenated alkanes) is 1. The molecule has 0 bridgehead atoms. The highest BCUT2D eigenvalue weighted by atomic mass is 16.7. The molecule has 2 aromatic rings. The standard InChI is InChI=1S/C40H50N4O17/c1-5-59-38(54)41-12-7-6-10-21(44-39(55)58-4)37(53)42-16-26(47)43-22-13-27(60-18(2)32(22)48)61-24-15-40(56,25(46)17-45)14-20-29(24)36(52)31-30(34(20)50)33(49)19-9-8-11-23(57-3)28(19)35(31)51/h8-9,11,18,21-22,24,27,32,45,48,50,52,56H,5-7,10,12-17H2,1-4H3,(H,41,54)(H,42,53)(H,43,47)(H,44,55)/t18?,21?,22?,24-,27?,32?,40-/m0/s1. The average Bonchev–Trinajstić information content (AvgIpc) is 3.23. The Morgan fingerprint density at radius 3 is 2.38 bits per heavy atom. The van der Waals surface area contributed by atoms with Gasteiger partial charge >= 0.3 is 12.2 Å². The maximum atomic E-state index is 14.0. The Morgan fingerprint density at radius 2 is 1.70 bits per heavy atom. The third-order valence-electron chi connectivity index (χ3n) is 10.8. The fourth-order valence-corrected chi connectivity index (χ4v) is 7.72. The predicted octanol–water partition coefficient (Wildman–Crippen LogP) is -0.0840. The Balaban J connectivity index is 1.33. The van der Waals surface area contributed by atoms with E-state index in [-0.39, 0.29) is 54.0 Å². The van der Waals surface area contributed by atoms with Gasteiger partial charge in [0.15, 0.2) is 17.9 Å². The molecular weight excluding hydrogens is 808 g/mol. The van der Waals surface area contributed by atoms with E-state index in [2.05, 4.69) is 26.0 Å². The van der Waals surface area contributed by atoms with Gasteiger partial charge in [-0.3, -0.25) is 24.0 Å². The number of ketones is 3. The number of phenolic OH excluding ortho intramolecular Hbond substituents is 2. The van der Waals surface area contributed by atoms with Gasteiger partial charge in [0.25, 0.3) is 0 Å². The maximum absolute atomic E-state index is 14.0. The van der Waals surface area contributed by atoms with Crippen molar-refractivity contribution in [1.82, 2.24) is 21.3 Å². The van der Waals surface area contributed by atoms with Crippen molar-refractivity contribution >= 4 is 41.4 Å². The second-order valence-electron chi connectivity index (χ2n) is 14.7. The minimum Gasteiger partial charge on any atom is -0.507 e. The molecule has 2 aromatic carbocycles. The van der Waals surface area contributed by atoms with Crippen LogP contribution < -0.4 is 26.0 Å². The second-order valence-corrected chi connectivity index (χ2v) is 14.7. The summed E-state index contributed by atoms with van der Waals surface area (Å²) in [6, 6.07) is 2.03. The number of alkyl carbamates (subject to hydrolysis) is 2. The number of Topliss-reactive ketones (excluding diaryl/α,β-unsaturated/α-hetero) is 1. The first kappa shape index (κ1) is 46.2. The largest absolute Gasteiger partial charge is 0.507 e. The lowest BCUT2D eigenvalue weighted by Gasteiger charge is -2.43. The zero-order chi connectivity index (χ0) is 44.8. The fourth-order valence-electron chi connectivity index (χ4n) is 7.72. The van der Waals surface area contributed by atoms with Gasteiger partial charge in [-0.2, -0.15) is 0 Å². The van der Waals surface area contributed by atoms with Gasteiger partial charge in [0.05, 0.1) is 62.3 Å². The lowest BCUT2D eigenvalue weighted by molar-refractivity contribution is -0.249. The number of nitrogens with one attached hydrogen (secondary N) is 4. The van der Waals surface area contributed by atoms with Crippen LogP contribution in [0.4, 0.5) is 9.59 Å². The van der Waals surface area contributed by atoms with Crippen LogP contribution in [0.3, 0.4) is 0 Å². The van der Waals surface area contributed by atoms with Crippen LogP contribution in [0.5, 0.6) is 17.2 Å². The molecule has 0 aromatic heterocycles. The molecule has 332 valence electrons. The molecule has 1 saturated heterocycles. The molecule has 21 nitrogen and oxygen atoms in total. The number of aliphatic hydroxyl groups is 3. The van der Waals surface area contributed by atoms with Gasteiger partial charge in [-0.15, -0.1) is 0 Å². The number of amides is 4. The maximum Gasteiger partial charge on any atom is 0.407 e. The van der Waals surface area contributed by atoms with Gasteiger partial charge < -0.3 is 70.5 Å². The molecule has 0 radical (unpaired) electrons. The highest BCUT2D eigenvalue weighted by Gasteiger charge is 2.50. The molecule has 1 heterocycles. The average molecular weight is 859 g/mol. The van der Waals surface area contributed by atoms with Gasteiger partial charge in [0, 0.05) is 42.5 Å². The molecule has 5 rings (SSSR count). The van der Waals surface area contributed by atoms with Crippen LogP contribution >= 0.6 is 0 Å². The van der Waals surface area contributed by atoms with Crippen LogP contribution in [0, 0.1) is 0 Å². The topological polar surface area (TPSA) is 315 Å². The van der Waals surface area contributed by atoms with Crippen LogP contribution in [0.15, 0.2) is 18.2 Å². The number of rotatable bonds is 16. The highest BCUT2D eigenvalue weighted by molar-refractivity contribution is 6.31. The first-order valence-corrected chi connectivity index (χ1v) is 19.5. The summed E-state index contributed by atoms with van der Waals surface area (Å²) in [4.78, 5) is 90.3. The zero-order valence-electron chi connectivity index (χ0n) is 33.9. The molecule has 2 aliphatic carbocycles. The minimum atomic E-state index is -2.40. The van der Waals surface area contributed by atoms with E-state index in [0.717, 1.165) is 7.11 Å². The fraction of sp³-hybridized carbons (Fsp3) is 0.525. The number of methoxy groups -OCH3 is 2. The number of carbonyl (C=O) groups excluding carboxylic acids is 7. The van der Waals surface area contributed by atoms with E-state index >= 15 is 0 Å². The molecule has 4 amide bonds. The molecule has 61 heavy (non-hydrogen) atoms. The summed E-state index contributed by atoms with van der Waals surface area (Å²) >= 11 is 0. The molecule has 3 aliphatic rings. The number of hydrogen-bond acceptors (Lipinski definition) is 17. The van der Waals surface area contributed by atoms with E-state index < -0.39 is 132 Å². The number of fused-ring (bicyclic) bond motifs is 3. The number of aliphatic hydroxyl groups excluding tert-OH is 2. The van der Waals surface area contributed by atoms with E-state index in [0.29, 0.717) is 12.8 Å². The summed E-state index contributed by atoms with van der Waals surface area (Å²) in [5, 5.41) is 65.7. The van der Waals surface area contributed by atoms with Gasteiger partial charge in [-0.25, -0.2) is 9.59 Å². The second kappa shape index (κ2) is 19.7. The third kappa shape index (κ3) is 9.86. The Bertz CT molecular complexity index is 2060. The smallest absolute Gasteiger partial charge is 0.407 e. The van der Waals surface area contributed by atoms with Crippen molar-refractivity contribution in [2.75, 3.05) is 40.5 Å². The van der Waals surface area contributed by atoms with E-state index in [1.165, 1.54) is 32.2 Å². The van der Waals surface area contributed by atoms with Gasteiger partial charge in [-0.1, -0.05) is 12.1 Å². The summed E-state index contributed by atoms with van der Waals surface area (Å²) in [5.41, 5.74) is -4.38. The molecule has 0 saturated carbocycles. The monoisotopic (exact) mass is 858 g/mol. The molecular formula is C40H50N4O17. The first-order chi connectivity index (χ1) is 29.0. The van der Waals surface area contributed by atoms with E-state index in [1.54, 1.807) is 6.92 Å². The number of carbonyl (C=O) groups is 7. The van der Waals surface area contributed by atoms with E-state index in [1.807, 2.05) is 0 Å². The lowest BCUT2D eigenvalue weighted by atomic mass is 9.72. The third-order valence-corrected chi connectivity index (χ3v) is 10.8. The number of hydrogen-bond donors (Lipinski definition) is 9. The SMILES string of the molecule is CCOC(=O)NCCCCC(NC(=O)OC)C(=O)NCC(=O)NC1CC(O[C@H]2C[C@](O)(C(=O)CO)Cc3c(O)c4c(c(O)c32)C(=O)c2c(OC)cccc2C4=O)OC(C)C1O. The van der Waals surface area contributed by atoms with Crippen molar-refractivity contribution in [3.63, 3.8) is 0 Å². The van der Waals surface area contributed by atoms with Crippen molar-refractivity contribution in [3.8, 4) is 17.2 Å². The van der Waals surface area contributed by atoms with E-state index in [9.17, 15) is 59.1 Å². The Kier molecular flexibility index (Phi) is 14.9. The van der Waals surface area contributed by atoms with Crippen molar-refractivity contribution in [2.45, 2.75) is 94.7 Å². The molecule has 21 heteroatoms. The lowest BCUT2D eigenvalue weighted by Crippen LogP contribution is -2.57. The van der Waals surface area contributed by atoms with Gasteiger partial charge in [0.2, 0.25) is 17.6 Å². The van der Waals surface area contributed by atoms with Crippen LogP contribution in [-0.4, -0.2) is 144 Å². The minimum absolute atomic E-state index is 0.0273. The van der Waals surface area contributed by atoms with Crippen molar-refractivity contribution in [3.05, 3.63) is 51.6 Å². The molecule has 5 unspecified atom stereocenters. The van der Waals surface area contributed by atoms with Crippen LogP contribution in [0.25, 0.3) is 0 Å². The van der Waals surface area contributed by atoms with Crippen LogP contribution in [0.1, 0.15) is 95.0 Å².